The Balaban J connectivity index is 1.55. The van der Waals surface area contributed by atoms with Gasteiger partial charge in [0.25, 0.3) is 0 Å². The van der Waals surface area contributed by atoms with Gasteiger partial charge in [0, 0.05) is 25.5 Å². The summed E-state index contributed by atoms with van der Waals surface area (Å²) in [4.78, 5) is 30.6. The number of thioether (sulfide) groups is 1. The number of ether oxygens (including phenoxy) is 1. The summed E-state index contributed by atoms with van der Waals surface area (Å²) in [5, 5.41) is 0.805. The van der Waals surface area contributed by atoms with Gasteiger partial charge >= 0.3 is 5.97 Å². The Bertz CT molecular complexity index is 797. The molecule has 2 aromatic rings. The highest BCUT2D eigenvalue weighted by atomic mass is 32.2. The van der Waals surface area contributed by atoms with Crippen LogP contribution < -0.4 is 0 Å². The molecule has 1 aromatic carbocycles. The number of amides is 1. The Kier molecular flexibility index (Phi) is 6.55. The lowest BCUT2D eigenvalue weighted by Gasteiger charge is -2.30. The number of imidazole rings is 1. The fourth-order valence-electron chi connectivity index (χ4n) is 3.26. The van der Waals surface area contributed by atoms with Gasteiger partial charge in [0.05, 0.1) is 24.0 Å². The molecule has 0 N–H and O–H groups in total. The van der Waals surface area contributed by atoms with E-state index < -0.39 is 0 Å². The van der Waals surface area contributed by atoms with Crippen LogP contribution in [0.5, 0.6) is 0 Å². The van der Waals surface area contributed by atoms with E-state index in [2.05, 4.69) is 18.0 Å². The molecule has 0 unspecified atom stereocenters. The van der Waals surface area contributed by atoms with E-state index in [1.54, 1.807) is 6.20 Å². The van der Waals surface area contributed by atoms with Crippen LogP contribution in [0.4, 0.5) is 0 Å². The third kappa shape index (κ3) is 4.71. The van der Waals surface area contributed by atoms with Crippen molar-refractivity contribution in [2.24, 2.45) is 5.92 Å². The predicted octanol–water partition coefficient (Wildman–Crippen LogP) is 3.07. The zero-order valence-electron chi connectivity index (χ0n) is 15.8. The van der Waals surface area contributed by atoms with Crippen molar-refractivity contribution in [3.05, 3.63) is 42.2 Å². The number of aryl methyl sites for hydroxylation is 1. The molecule has 1 fully saturated rings. The summed E-state index contributed by atoms with van der Waals surface area (Å²) in [5.74, 6) is 0.204. The molecule has 0 radical (unpaired) electrons. The van der Waals surface area contributed by atoms with Crippen LogP contribution in [0.25, 0.3) is 5.69 Å². The van der Waals surface area contributed by atoms with Crippen LogP contribution in [-0.4, -0.2) is 51.8 Å². The molecule has 6 nitrogen and oxygen atoms in total. The van der Waals surface area contributed by atoms with Crippen molar-refractivity contribution in [1.29, 1.82) is 0 Å². The Morgan fingerprint density at radius 3 is 2.70 bits per heavy atom. The van der Waals surface area contributed by atoms with E-state index in [0.29, 0.717) is 38.3 Å². The predicted molar refractivity (Wildman–Crippen MR) is 105 cm³/mol. The van der Waals surface area contributed by atoms with Crippen molar-refractivity contribution >= 4 is 23.6 Å². The second kappa shape index (κ2) is 9.08. The first-order chi connectivity index (χ1) is 13.1. The number of aromatic nitrogens is 2. The summed E-state index contributed by atoms with van der Waals surface area (Å²) >= 11 is 1.44. The first-order valence-corrected chi connectivity index (χ1v) is 10.2. The van der Waals surface area contributed by atoms with E-state index in [-0.39, 0.29) is 17.8 Å². The normalized spacial score (nSPS) is 15.0. The molecule has 1 amide bonds. The fourth-order valence-corrected chi connectivity index (χ4v) is 4.12. The molecule has 0 atom stereocenters. The summed E-state index contributed by atoms with van der Waals surface area (Å²) in [6.45, 7) is 5.49. The van der Waals surface area contributed by atoms with Gasteiger partial charge in [-0.2, -0.15) is 0 Å². The average molecular weight is 388 g/mol. The number of piperidine rings is 1. The number of likely N-dealkylation sites (tertiary alicyclic amines) is 1. The molecule has 1 aliphatic rings. The lowest BCUT2D eigenvalue weighted by molar-refractivity contribution is -0.151. The lowest BCUT2D eigenvalue weighted by atomic mass is 9.97. The van der Waals surface area contributed by atoms with E-state index in [0.717, 1.165) is 16.4 Å². The number of esters is 1. The summed E-state index contributed by atoms with van der Waals surface area (Å²) in [5.41, 5.74) is 2.23. The van der Waals surface area contributed by atoms with Gasteiger partial charge in [0.2, 0.25) is 5.91 Å². The highest BCUT2D eigenvalue weighted by Gasteiger charge is 2.28. The largest absolute Gasteiger partial charge is 0.466 e. The van der Waals surface area contributed by atoms with Gasteiger partial charge in [-0.05, 0) is 38.3 Å². The maximum atomic E-state index is 12.6. The zero-order chi connectivity index (χ0) is 19.2. The maximum absolute atomic E-state index is 12.6. The summed E-state index contributed by atoms with van der Waals surface area (Å²) < 4.78 is 7.10. The summed E-state index contributed by atoms with van der Waals surface area (Å²) in [6, 6.07) is 8.10. The molecule has 0 aliphatic carbocycles. The topological polar surface area (TPSA) is 64.4 Å². The van der Waals surface area contributed by atoms with Gasteiger partial charge in [0.15, 0.2) is 5.16 Å². The number of nitrogens with zero attached hydrogens (tertiary/aromatic N) is 3. The van der Waals surface area contributed by atoms with Crippen molar-refractivity contribution in [3.63, 3.8) is 0 Å². The van der Waals surface area contributed by atoms with Crippen molar-refractivity contribution in [2.45, 2.75) is 31.8 Å². The SMILES string of the molecule is CCOC(=O)C1CCN(C(=O)CSc2nccn2-c2ccccc2C)CC1. The number of benzene rings is 1. The van der Waals surface area contributed by atoms with E-state index in [1.165, 1.54) is 11.8 Å². The number of para-hydroxylation sites is 1. The minimum Gasteiger partial charge on any atom is -0.466 e. The van der Waals surface area contributed by atoms with Crippen LogP contribution in [0.3, 0.4) is 0 Å². The molecular weight excluding hydrogens is 362 g/mol. The first kappa shape index (κ1) is 19.5. The lowest BCUT2D eigenvalue weighted by Crippen LogP contribution is -2.41. The van der Waals surface area contributed by atoms with Gasteiger partial charge in [-0.1, -0.05) is 30.0 Å². The molecule has 144 valence electrons. The molecule has 3 rings (SSSR count). The zero-order valence-corrected chi connectivity index (χ0v) is 16.6. The molecule has 1 saturated heterocycles. The van der Waals surface area contributed by atoms with Gasteiger partial charge in [0.1, 0.15) is 0 Å². The van der Waals surface area contributed by atoms with Crippen LogP contribution in [0.1, 0.15) is 25.3 Å². The van der Waals surface area contributed by atoms with Crippen LogP contribution in [-0.2, 0) is 14.3 Å². The standard InChI is InChI=1S/C20H25N3O3S/c1-3-26-19(25)16-8-11-22(12-9-16)18(24)14-27-20-21-10-13-23(20)17-7-5-4-6-15(17)2/h4-7,10,13,16H,3,8-9,11-12,14H2,1-2H3. The van der Waals surface area contributed by atoms with Gasteiger partial charge in [-0.25, -0.2) is 4.98 Å². The second-order valence-corrected chi connectivity index (χ2v) is 7.50. The molecule has 0 saturated carbocycles. The second-order valence-electron chi connectivity index (χ2n) is 6.56. The highest BCUT2D eigenvalue weighted by Crippen LogP contribution is 2.24. The van der Waals surface area contributed by atoms with Crippen molar-refractivity contribution in [2.75, 3.05) is 25.4 Å². The van der Waals surface area contributed by atoms with Crippen molar-refractivity contribution in [1.82, 2.24) is 14.5 Å². The van der Waals surface area contributed by atoms with Gasteiger partial charge in [-0.15, -0.1) is 0 Å². The van der Waals surface area contributed by atoms with Crippen LogP contribution >= 0.6 is 11.8 Å². The minimum atomic E-state index is -0.140. The highest BCUT2D eigenvalue weighted by molar-refractivity contribution is 7.99. The maximum Gasteiger partial charge on any atom is 0.309 e. The van der Waals surface area contributed by atoms with Crippen LogP contribution in [0.15, 0.2) is 41.8 Å². The van der Waals surface area contributed by atoms with E-state index in [1.807, 2.05) is 40.8 Å². The van der Waals surface area contributed by atoms with Crippen molar-refractivity contribution in [3.8, 4) is 5.69 Å². The Hall–Kier alpha value is -2.28. The molecule has 27 heavy (non-hydrogen) atoms. The third-order valence-electron chi connectivity index (χ3n) is 4.77. The number of rotatable bonds is 6. The van der Waals surface area contributed by atoms with E-state index >= 15 is 0 Å². The number of hydrogen-bond acceptors (Lipinski definition) is 5. The monoisotopic (exact) mass is 387 g/mol. The Morgan fingerprint density at radius 1 is 1.26 bits per heavy atom. The molecule has 0 bridgehead atoms. The molecule has 2 heterocycles. The average Bonchev–Trinajstić information content (AvgIpc) is 3.15. The third-order valence-corrected chi connectivity index (χ3v) is 5.73. The summed E-state index contributed by atoms with van der Waals surface area (Å²) in [7, 11) is 0. The van der Waals surface area contributed by atoms with Crippen molar-refractivity contribution < 1.29 is 14.3 Å². The molecule has 1 aromatic heterocycles. The Labute approximate surface area is 163 Å². The van der Waals surface area contributed by atoms with Gasteiger partial charge < -0.3 is 9.64 Å². The van der Waals surface area contributed by atoms with Crippen LogP contribution in [0, 0.1) is 12.8 Å². The first-order valence-electron chi connectivity index (χ1n) is 9.26. The smallest absolute Gasteiger partial charge is 0.309 e. The molecule has 1 aliphatic heterocycles. The summed E-state index contributed by atoms with van der Waals surface area (Å²) in [6.07, 6.45) is 5.02. The van der Waals surface area contributed by atoms with Gasteiger partial charge in [-0.3, -0.25) is 14.2 Å². The minimum absolute atomic E-state index is 0.0818. The van der Waals surface area contributed by atoms with E-state index in [9.17, 15) is 9.59 Å². The Morgan fingerprint density at radius 2 is 2.00 bits per heavy atom. The molecule has 0 spiro atoms. The number of carbonyl (C=O) groups excluding carboxylic acids is 2. The van der Waals surface area contributed by atoms with E-state index in [4.69, 9.17) is 4.74 Å². The molecular formula is C20H25N3O3S. The molecule has 7 heteroatoms. The quantitative estimate of drug-likeness (QED) is 0.563. The fraction of sp³-hybridized carbons (Fsp3) is 0.450. The number of hydrogen-bond donors (Lipinski definition) is 0. The number of carbonyl (C=O) groups is 2. The van der Waals surface area contributed by atoms with Crippen LogP contribution in [0.2, 0.25) is 0 Å².